The zero-order chi connectivity index (χ0) is 10.1. The second-order valence-electron chi connectivity index (χ2n) is 3.76. The lowest BCUT2D eigenvalue weighted by Gasteiger charge is -2.11. The molecule has 2 heterocycles. The number of hydrogen-bond acceptors (Lipinski definition) is 5. The van der Waals surface area contributed by atoms with Crippen molar-refractivity contribution in [1.29, 1.82) is 0 Å². The van der Waals surface area contributed by atoms with Gasteiger partial charge in [0.2, 0.25) is 0 Å². The molecule has 2 N–H and O–H groups in total. The molecule has 2 rings (SSSR count). The topological polar surface area (TPSA) is 69.7 Å². The van der Waals surface area contributed by atoms with Crippen LogP contribution in [0.15, 0.2) is 10.6 Å². The van der Waals surface area contributed by atoms with Gasteiger partial charge in [0, 0.05) is 25.7 Å². The highest BCUT2D eigenvalue weighted by Crippen LogP contribution is 2.13. The van der Waals surface area contributed by atoms with E-state index in [1.54, 1.807) is 0 Å². The molecule has 1 saturated heterocycles. The van der Waals surface area contributed by atoms with Crippen LogP contribution in [0.5, 0.6) is 0 Å². The Hall–Kier alpha value is -0.910. The van der Waals surface area contributed by atoms with Gasteiger partial charge in [-0.2, -0.15) is 0 Å². The van der Waals surface area contributed by atoms with Crippen molar-refractivity contribution in [3.63, 3.8) is 0 Å². The quantitative estimate of drug-likeness (QED) is 0.671. The molecule has 0 amide bonds. The second kappa shape index (κ2) is 3.68. The minimum absolute atomic E-state index is 0.493. The van der Waals surface area contributed by atoms with E-state index in [0.29, 0.717) is 19.6 Å². The van der Waals surface area contributed by atoms with E-state index in [2.05, 4.69) is 5.16 Å². The van der Waals surface area contributed by atoms with Crippen LogP contribution in [0.25, 0.3) is 0 Å². The molecule has 1 aromatic heterocycles. The SMILES string of the molecule is Cc1cc(CN2CC(O)C(O)C2)no1. The molecule has 1 aliphatic rings. The predicted molar refractivity (Wildman–Crippen MR) is 48.5 cm³/mol. The molecule has 1 aliphatic heterocycles. The van der Waals surface area contributed by atoms with E-state index in [0.717, 1.165) is 11.5 Å². The largest absolute Gasteiger partial charge is 0.389 e. The van der Waals surface area contributed by atoms with Gasteiger partial charge in [-0.3, -0.25) is 4.90 Å². The fourth-order valence-corrected chi connectivity index (χ4v) is 1.70. The first-order chi connectivity index (χ1) is 6.65. The van der Waals surface area contributed by atoms with Crippen LogP contribution < -0.4 is 0 Å². The van der Waals surface area contributed by atoms with Crippen LogP contribution in [-0.4, -0.2) is 45.6 Å². The third-order valence-electron chi connectivity index (χ3n) is 2.40. The van der Waals surface area contributed by atoms with Gasteiger partial charge in [0.15, 0.2) is 0 Å². The molecule has 14 heavy (non-hydrogen) atoms. The molecule has 0 radical (unpaired) electrons. The highest BCUT2D eigenvalue weighted by Gasteiger charge is 2.29. The van der Waals surface area contributed by atoms with Gasteiger partial charge < -0.3 is 14.7 Å². The van der Waals surface area contributed by atoms with Crippen molar-refractivity contribution in [1.82, 2.24) is 10.1 Å². The average Bonchev–Trinajstić information content (AvgIpc) is 2.62. The smallest absolute Gasteiger partial charge is 0.133 e. The van der Waals surface area contributed by atoms with Gasteiger partial charge >= 0.3 is 0 Å². The van der Waals surface area contributed by atoms with Crippen molar-refractivity contribution in [2.75, 3.05) is 13.1 Å². The highest BCUT2D eigenvalue weighted by atomic mass is 16.5. The van der Waals surface area contributed by atoms with Crippen LogP contribution >= 0.6 is 0 Å². The molecule has 5 heteroatoms. The molecule has 2 unspecified atom stereocenters. The Kier molecular flexibility index (Phi) is 2.54. The highest BCUT2D eigenvalue weighted by molar-refractivity contribution is 5.04. The Morgan fingerprint density at radius 1 is 1.50 bits per heavy atom. The minimum atomic E-state index is -0.636. The van der Waals surface area contributed by atoms with E-state index in [-0.39, 0.29) is 0 Å². The summed E-state index contributed by atoms with van der Waals surface area (Å²) in [5.74, 6) is 0.778. The summed E-state index contributed by atoms with van der Waals surface area (Å²) in [6.07, 6.45) is -1.27. The van der Waals surface area contributed by atoms with Gasteiger partial charge in [0.25, 0.3) is 0 Å². The summed E-state index contributed by atoms with van der Waals surface area (Å²) >= 11 is 0. The van der Waals surface area contributed by atoms with Crippen LogP contribution in [-0.2, 0) is 6.54 Å². The van der Waals surface area contributed by atoms with E-state index >= 15 is 0 Å². The third-order valence-corrected chi connectivity index (χ3v) is 2.40. The Bertz CT molecular complexity index is 303. The fourth-order valence-electron chi connectivity index (χ4n) is 1.70. The Morgan fingerprint density at radius 3 is 2.64 bits per heavy atom. The van der Waals surface area contributed by atoms with Crippen molar-refractivity contribution in [3.8, 4) is 0 Å². The van der Waals surface area contributed by atoms with Gasteiger partial charge in [-0.15, -0.1) is 0 Å². The summed E-state index contributed by atoms with van der Waals surface area (Å²) in [5, 5.41) is 22.5. The zero-order valence-electron chi connectivity index (χ0n) is 8.05. The number of β-amino-alcohol motifs (C(OH)–C–C–N with tert-alkyl or cyclic N) is 2. The number of rotatable bonds is 2. The molecule has 0 aromatic carbocycles. The van der Waals surface area contributed by atoms with E-state index in [1.807, 2.05) is 17.9 Å². The number of hydrogen-bond donors (Lipinski definition) is 2. The van der Waals surface area contributed by atoms with Crippen LogP contribution in [0, 0.1) is 6.92 Å². The molecule has 2 atom stereocenters. The Balaban J connectivity index is 1.93. The van der Waals surface area contributed by atoms with Crippen molar-refractivity contribution < 1.29 is 14.7 Å². The van der Waals surface area contributed by atoms with Crippen LogP contribution in [0.1, 0.15) is 11.5 Å². The van der Waals surface area contributed by atoms with Crippen molar-refractivity contribution in [2.45, 2.75) is 25.7 Å². The Morgan fingerprint density at radius 2 is 2.14 bits per heavy atom. The third kappa shape index (κ3) is 1.95. The monoisotopic (exact) mass is 198 g/mol. The van der Waals surface area contributed by atoms with Gasteiger partial charge in [0.1, 0.15) is 5.76 Å². The van der Waals surface area contributed by atoms with Gasteiger partial charge in [-0.1, -0.05) is 5.16 Å². The molecular weight excluding hydrogens is 184 g/mol. The maximum atomic E-state index is 9.32. The predicted octanol–water partition coefficient (Wildman–Crippen LogP) is -0.480. The lowest BCUT2D eigenvalue weighted by atomic mass is 10.3. The fraction of sp³-hybridized carbons (Fsp3) is 0.667. The maximum absolute atomic E-state index is 9.32. The number of aliphatic hydroxyl groups is 2. The molecule has 0 bridgehead atoms. The molecule has 0 saturated carbocycles. The molecular formula is C9H14N2O3. The van der Waals surface area contributed by atoms with Crippen LogP contribution in [0.4, 0.5) is 0 Å². The van der Waals surface area contributed by atoms with Gasteiger partial charge in [-0.25, -0.2) is 0 Å². The summed E-state index contributed by atoms with van der Waals surface area (Å²) in [4.78, 5) is 1.95. The van der Waals surface area contributed by atoms with Gasteiger partial charge in [0.05, 0.1) is 17.9 Å². The maximum Gasteiger partial charge on any atom is 0.133 e. The van der Waals surface area contributed by atoms with Crippen molar-refractivity contribution in [3.05, 3.63) is 17.5 Å². The van der Waals surface area contributed by atoms with E-state index in [1.165, 1.54) is 0 Å². The Labute approximate surface area is 81.9 Å². The number of aryl methyl sites for hydroxylation is 1. The first kappa shape index (κ1) is 9.64. The molecule has 0 spiro atoms. The molecule has 1 fully saturated rings. The number of nitrogens with zero attached hydrogens (tertiary/aromatic N) is 2. The zero-order valence-corrected chi connectivity index (χ0v) is 8.05. The van der Waals surface area contributed by atoms with E-state index in [4.69, 9.17) is 4.52 Å². The number of aromatic nitrogens is 1. The number of likely N-dealkylation sites (tertiary alicyclic amines) is 1. The lowest BCUT2D eigenvalue weighted by molar-refractivity contribution is 0.0572. The van der Waals surface area contributed by atoms with Crippen molar-refractivity contribution >= 4 is 0 Å². The lowest BCUT2D eigenvalue weighted by Crippen LogP contribution is -2.22. The summed E-state index contributed by atoms with van der Waals surface area (Å²) in [5.41, 5.74) is 0.837. The van der Waals surface area contributed by atoms with Crippen LogP contribution in [0.2, 0.25) is 0 Å². The first-order valence-corrected chi connectivity index (χ1v) is 4.66. The van der Waals surface area contributed by atoms with Crippen LogP contribution in [0.3, 0.4) is 0 Å². The van der Waals surface area contributed by atoms with Gasteiger partial charge in [-0.05, 0) is 6.92 Å². The normalized spacial score (nSPS) is 28.5. The molecule has 5 nitrogen and oxygen atoms in total. The summed E-state index contributed by atoms with van der Waals surface area (Å²) in [6.45, 7) is 3.44. The van der Waals surface area contributed by atoms with E-state index in [9.17, 15) is 10.2 Å². The minimum Gasteiger partial charge on any atom is -0.389 e. The number of aliphatic hydroxyl groups excluding tert-OH is 2. The average molecular weight is 198 g/mol. The second-order valence-corrected chi connectivity index (χ2v) is 3.76. The van der Waals surface area contributed by atoms with Crippen molar-refractivity contribution in [2.24, 2.45) is 0 Å². The molecule has 0 aliphatic carbocycles. The summed E-state index contributed by atoms with van der Waals surface area (Å²) in [7, 11) is 0. The summed E-state index contributed by atoms with van der Waals surface area (Å²) in [6, 6.07) is 1.86. The van der Waals surface area contributed by atoms with E-state index < -0.39 is 12.2 Å². The molecule has 1 aromatic rings. The first-order valence-electron chi connectivity index (χ1n) is 4.66. The molecule has 78 valence electrons. The standard InChI is InChI=1S/C9H14N2O3/c1-6-2-7(10-14-6)3-11-4-8(12)9(13)5-11/h2,8-9,12-13H,3-5H2,1H3. The summed E-state index contributed by atoms with van der Waals surface area (Å²) < 4.78 is 4.93.